The first-order valence-electron chi connectivity index (χ1n) is 7.56. The van der Waals surface area contributed by atoms with Gasteiger partial charge in [-0.3, -0.25) is 19.4 Å². The second-order valence-corrected chi connectivity index (χ2v) is 5.80. The smallest absolute Gasteiger partial charge is 0.335 e. The topological polar surface area (TPSA) is 79.4 Å². The zero-order valence-corrected chi connectivity index (χ0v) is 13.9. The van der Waals surface area contributed by atoms with Crippen LogP contribution in [0.4, 0.5) is 4.79 Å². The fraction of sp³-hybridized carbons (Fsp3) is 0.438. The van der Waals surface area contributed by atoms with Gasteiger partial charge in [-0.1, -0.05) is 0 Å². The van der Waals surface area contributed by atoms with Gasteiger partial charge in [0.15, 0.2) is 11.5 Å². The Hall–Kier alpha value is -2.61. The van der Waals surface area contributed by atoms with Crippen LogP contribution in [0.3, 0.4) is 0 Å². The van der Waals surface area contributed by atoms with Crippen molar-refractivity contribution in [2.24, 2.45) is 0 Å². The predicted molar refractivity (Wildman–Crippen MR) is 83.5 cm³/mol. The quantitative estimate of drug-likeness (QED) is 0.588. The molecule has 0 spiro atoms. The molecule has 0 radical (unpaired) electrons. The minimum atomic E-state index is -0.788. The Morgan fingerprint density at radius 3 is 2.17 bits per heavy atom. The summed E-state index contributed by atoms with van der Waals surface area (Å²) in [6.45, 7) is 1.34. The summed E-state index contributed by atoms with van der Waals surface area (Å²) < 4.78 is 10.6. The lowest BCUT2D eigenvalue weighted by Gasteiger charge is -2.31. The molecule has 0 atom stereocenters. The van der Waals surface area contributed by atoms with Gasteiger partial charge in [0, 0.05) is 20.1 Å². The standard InChI is InChI=1S/C16H19N3O5/c1-17-14(20)15(21)19(16(17)22)9-18-5-4-10-6-12(23-2)13(24-3)7-11(10)8-18/h6-7H,4-5,8-9H2,1-3H3. The Labute approximate surface area is 139 Å². The van der Waals surface area contributed by atoms with Crippen molar-refractivity contribution in [2.75, 3.05) is 34.5 Å². The van der Waals surface area contributed by atoms with Gasteiger partial charge in [0.2, 0.25) is 0 Å². The molecular weight excluding hydrogens is 314 g/mol. The van der Waals surface area contributed by atoms with E-state index in [0.29, 0.717) is 24.6 Å². The molecule has 0 bridgehead atoms. The molecule has 4 amide bonds. The third-order valence-corrected chi connectivity index (χ3v) is 4.39. The summed E-state index contributed by atoms with van der Waals surface area (Å²) in [6.07, 6.45) is 0.760. The number of imide groups is 2. The summed E-state index contributed by atoms with van der Waals surface area (Å²) >= 11 is 0. The van der Waals surface area contributed by atoms with Gasteiger partial charge in [0.25, 0.3) is 0 Å². The molecule has 1 fully saturated rings. The predicted octanol–water partition coefficient (Wildman–Crippen LogP) is 0.440. The van der Waals surface area contributed by atoms with Crippen molar-refractivity contribution < 1.29 is 23.9 Å². The lowest BCUT2D eigenvalue weighted by molar-refractivity contribution is -0.143. The number of likely N-dealkylation sites (N-methyl/N-ethyl adjacent to an activating group) is 1. The van der Waals surface area contributed by atoms with Gasteiger partial charge in [-0.15, -0.1) is 0 Å². The lowest BCUT2D eigenvalue weighted by Crippen LogP contribution is -2.43. The van der Waals surface area contributed by atoms with Gasteiger partial charge in [0.05, 0.1) is 20.9 Å². The number of hydrogen-bond donors (Lipinski definition) is 0. The monoisotopic (exact) mass is 333 g/mol. The summed E-state index contributed by atoms with van der Waals surface area (Å²) in [5.41, 5.74) is 2.20. The number of methoxy groups -OCH3 is 2. The Balaban J connectivity index is 1.77. The molecule has 1 aromatic carbocycles. The van der Waals surface area contributed by atoms with Gasteiger partial charge in [0.1, 0.15) is 0 Å². The van der Waals surface area contributed by atoms with Crippen LogP contribution in [0.2, 0.25) is 0 Å². The second kappa shape index (κ2) is 6.12. The van der Waals surface area contributed by atoms with Crippen molar-refractivity contribution >= 4 is 17.8 Å². The van der Waals surface area contributed by atoms with E-state index in [1.807, 2.05) is 17.0 Å². The average Bonchev–Trinajstić information content (AvgIpc) is 2.78. The summed E-state index contributed by atoms with van der Waals surface area (Å²) in [7, 11) is 4.48. The van der Waals surface area contributed by atoms with E-state index in [9.17, 15) is 14.4 Å². The third kappa shape index (κ3) is 2.58. The molecule has 2 heterocycles. The molecule has 0 aromatic heterocycles. The van der Waals surface area contributed by atoms with E-state index in [1.54, 1.807) is 14.2 Å². The molecule has 1 saturated heterocycles. The van der Waals surface area contributed by atoms with E-state index >= 15 is 0 Å². The molecule has 0 unspecified atom stereocenters. The number of amides is 4. The average molecular weight is 333 g/mol. The van der Waals surface area contributed by atoms with Crippen LogP contribution in [0.1, 0.15) is 11.1 Å². The minimum Gasteiger partial charge on any atom is -0.493 e. The summed E-state index contributed by atoms with van der Waals surface area (Å²) in [5, 5.41) is 0. The molecule has 24 heavy (non-hydrogen) atoms. The number of fused-ring (bicyclic) bond motifs is 1. The van der Waals surface area contributed by atoms with Crippen LogP contribution in [0, 0.1) is 0 Å². The molecule has 2 aliphatic rings. The molecule has 128 valence electrons. The van der Waals surface area contributed by atoms with Gasteiger partial charge in [-0.25, -0.2) is 9.69 Å². The largest absolute Gasteiger partial charge is 0.493 e. The normalized spacial score (nSPS) is 18.2. The van der Waals surface area contributed by atoms with Crippen LogP contribution in [0.25, 0.3) is 0 Å². The van der Waals surface area contributed by atoms with E-state index in [0.717, 1.165) is 27.3 Å². The van der Waals surface area contributed by atoms with Gasteiger partial charge >= 0.3 is 17.8 Å². The third-order valence-electron chi connectivity index (χ3n) is 4.39. The Morgan fingerprint density at radius 2 is 1.62 bits per heavy atom. The zero-order chi connectivity index (χ0) is 17.4. The van der Waals surface area contributed by atoms with Crippen LogP contribution in [0.15, 0.2) is 12.1 Å². The van der Waals surface area contributed by atoms with Crippen molar-refractivity contribution in [1.82, 2.24) is 14.7 Å². The molecule has 0 N–H and O–H groups in total. The number of hydrogen-bond acceptors (Lipinski definition) is 6. The minimum absolute atomic E-state index is 0.0987. The number of nitrogens with zero attached hydrogens (tertiary/aromatic N) is 3. The number of carbonyl (C=O) groups excluding carboxylic acids is 3. The molecule has 3 rings (SSSR count). The molecule has 0 aliphatic carbocycles. The van der Waals surface area contributed by atoms with Crippen molar-refractivity contribution in [1.29, 1.82) is 0 Å². The Morgan fingerprint density at radius 1 is 1.00 bits per heavy atom. The van der Waals surface area contributed by atoms with E-state index in [-0.39, 0.29) is 6.67 Å². The SMILES string of the molecule is COc1cc2c(cc1OC)CN(CN1C(=O)C(=O)N(C)C1=O)CC2. The fourth-order valence-electron chi connectivity index (χ4n) is 3.00. The highest BCUT2D eigenvalue weighted by molar-refractivity contribution is 6.44. The van der Waals surface area contributed by atoms with E-state index in [2.05, 4.69) is 0 Å². The molecule has 1 aromatic rings. The van der Waals surface area contributed by atoms with Crippen LogP contribution >= 0.6 is 0 Å². The first-order valence-corrected chi connectivity index (χ1v) is 7.56. The summed E-state index contributed by atoms with van der Waals surface area (Å²) in [5.74, 6) is -0.243. The van der Waals surface area contributed by atoms with Crippen LogP contribution < -0.4 is 9.47 Å². The molecule has 8 heteroatoms. The first kappa shape index (κ1) is 16.3. The summed E-state index contributed by atoms with van der Waals surface area (Å²) in [6, 6.07) is 3.28. The second-order valence-electron chi connectivity index (χ2n) is 5.80. The molecule has 8 nitrogen and oxygen atoms in total. The molecule has 0 saturated carbocycles. The Kier molecular flexibility index (Phi) is 4.15. The maximum absolute atomic E-state index is 12.0. The number of benzene rings is 1. The molecular formula is C16H19N3O5. The number of ether oxygens (including phenoxy) is 2. The van der Waals surface area contributed by atoms with Crippen LogP contribution in [0.5, 0.6) is 11.5 Å². The van der Waals surface area contributed by atoms with Crippen LogP contribution in [-0.2, 0) is 22.6 Å². The Bertz CT molecular complexity index is 718. The van der Waals surface area contributed by atoms with E-state index in [4.69, 9.17) is 9.47 Å². The van der Waals surface area contributed by atoms with Crippen molar-refractivity contribution in [3.63, 3.8) is 0 Å². The maximum Gasteiger partial charge on any atom is 0.335 e. The van der Waals surface area contributed by atoms with E-state index in [1.165, 1.54) is 7.05 Å². The highest BCUT2D eigenvalue weighted by atomic mass is 16.5. The van der Waals surface area contributed by atoms with Crippen molar-refractivity contribution in [2.45, 2.75) is 13.0 Å². The lowest BCUT2D eigenvalue weighted by atomic mass is 9.99. The number of carbonyl (C=O) groups is 3. The van der Waals surface area contributed by atoms with E-state index < -0.39 is 17.8 Å². The summed E-state index contributed by atoms with van der Waals surface area (Å²) in [4.78, 5) is 39.2. The van der Waals surface area contributed by atoms with Gasteiger partial charge in [-0.2, -0.15) is 0 Å². The molecule has 2 aliphatic heterocycles. The van der Waals surface area contributed by atoms with Crippen molar-refractivity contribution in [3.05, 3.63) is 23.3 Å². The number of rotatable bonds is 4. The highest BCUT2D eigenvalue weighted by Crippen LogP contribution is 2.33. The van der Waals surface area contributed by atoms with Crippen LogP contribution in [-0.4, -0.2) is 67.0 Å². The maximum atomic E-state index is 12.0. The van der Waals surface area contributed by atoms with Gasteiger partial charge < -0.3 is 9.47 Å². The van der Waals surface area contributed by atoms with Crippen molar-refractivity contribution in [3.8, 4) is 11.5 Å². The van der Waals surface area contributed by atoms with Gasteiger partial charge in [-0.05, 0) is 29.7 Å². The number of urea groups is 1. The fourth-order valence-corrected chi connectivity index (χ4v) is 3.00. The first-order chi connectivity index (χ1) is 11.5. The highest BCUT2D eigenvalue weighted by Gasteiger charge is 2.43. The zero-order valence-electron chi connectivity index (χ0n) is 13.9.